The van der Waals surface area contributed by atoms with E-state index in [-0.39, 0.29) is 11.3 Å². The van der Waals surface area contributed by atoms with Gasteiger partial charge in [0.15, 0.2) is 0 Å². The van der Waals surface area contributed by atoms with Crippen LogP contribution >= 0.6 is 0 Å². The SMILES string of the molecule is [CH2]c1ccccc1CCNC(=O)C(C)(C)C. The minimum Gasteiger partial charge on any atom is -0.355 e. The van der Waals surface area contributed by atoms with Gasteiger partial charge in [0, 0.05) is 12.0 Å². The molecule has 2 nitrogen and oxygen atoms in total. The number of hydrogen-bond donors (Lipinski definition) is 1. The van der Waals surface area contributed by atoms with E-state index in [1.54, 1.807) is 0 Å². The van der Waals surface area contributed by atoms with Crippen molar-refractivity contribution in [3.05, 3.63) is 42.3 Å². The second-order valence-corrected chi connectivity index (χ2v) is 5.02. The van der Waals surface area contributed by atoms with Crippen molar-refractivity contribution < 1.29 is 4.79 Å². The molecule has 2 heteroatoms. The molecule has 16 heavy (non-hydrogen) atoms. The molecule has 1 aromatic carbocycles. The molecule has 1 amide bonds. The number of hydrogen-bond acceptors (Lipinski definition) is 1. The summed E-state index contributed by atoms with van der Waals surface area (Å²) in [4.78, 5) is 11.6. The number of rotatable bonds is 3. The Morgan fingerprint density at radius 2 is 1.94 bits per heavy atom. The van der Waals surface area contributed by atoms with E-state index in [0.717, 1.165) is 12.0 Å². The maximum absolute atomic E-state index is 11.6. The Balaban J connectivity index is 2.43. The Hall–Kier alpha value is -1.31. The van der Waals surface area contributed by atoms with Crippen LogP contribution in [0, 0.1) is 12.3 Å². The maximum atomic E-state index is 11.6. The van der Waals surface area contributed by atoms with Gasteiger partial charge in [0.25, 0.3) is 0 Å². The first-order valence-corrected chi connectivity index (χ1v) is 5.59. The molecule has 0 atom stereocenters. The van der Waals surface area contributed by atoms with Gasteiger partial charge in [0.1, 0.15) is 0 Å². The van der Waals surface area contributed by atoms with E-state index in [2.05, 4.69) is 12.2 Å². The fraction of sp³-hybridized carbons (Fsp3) is 0.429. The third-order valence-corrected chi connectivity index (χ3v) is 2.48. The Bertz CT molecular complexity index is 363. The van der Waals surface area contributed by atoms with Crippen LogP contribution < -0.4 is 5.32 Å². The van der Waals surface area contributed by atoms with Gasteiger partial charge in [-0.15, -0.1) is 0 Å². The molecule has 0 saturated heterocycles. The van der Waals surface area contributed by atoms with Gasteiger partial charge in [-0.3, -0.25) is 4.79 Å². The van der Waals surface area contributed by atoms with E-state index in [1.165, 1.54) is 5.56 Å². The average Bonchev–Trinajstić information content (AvgIpc) is 2.19. The summed E-state index contributed by atoms with van der Waals surface area (Å²) in [5.74, 6) is 0.0917. The lowest BCUT2D eigenvalue weighted by atomic mass is 9.95. The van der Waals surface area contributed by atoms with Gasteiger partial charge in [0.2, 0.25) is 5.91 Å². The van der Waals surface area contributed by atoms with Crippen molar-refractivity contribution in [1.82, 2.24) is 5.32 Å². The predicted molar refractivity (Wildman–Crippen MR) is 67.1 cm³/mol. The van der Waals surface area contributed by atoms with Crippen molar-refractivity contribution in [3.63, 3.8) is 0 Å². The van der Waals surface area contributed by atoms with Crippen LogP contribution in [0.3, 0.4) is 0 Å². The van der Waals surface area contributed by atoms with Crippen LogP contribution in [0.15, 0.2) is 24.3 Å². The Morgan fingerprint density at radius 3 is 2.50 bits per heavy atom. The lowest BCUT2D eigenvalue weighted by Gasteiger charge is -2.17. The van der Waals surface area contributed by atoms with E-state index < -0.39 is 0 Å². The molecule has 0 aliphatic carbocycles. The van der Waals surface area contributed by atoms with Gasteiger partial charge in [-0.2, -0.15) is 0 Å². The monoisotopic (exact) mass is 218 g/mol. The molecule has 0 fully saturated rings. The first-order valence-electron chi connectivity index (χ1n) is 5.59. The largest absolute Gasteiger partial charge is 0.355 e. The van der Waals surface area contributed by atoms with Crippen LogP contribution in [0.1, 0.15) is 31.9 Å². The lowest BCUT2D eigenvalue weighted by molar-refractivity contribution is -0.128. The third kappa shape index (κ3) is 3.69. The Kier molecular flexibility index (Phi) is 4.11. The summed E-state index contributed by atoms with van der Waals surface area (Å²) < 4.78 is 0. The highest BCUT2D eigenvalue weighted by Gasteiger charge is 2.20. The average molecular weight is 218 g/mol. The van der Waals surface area contributed by atoms with Crippen molar-refractivity contribution in [2.24, 2.45) is 5.41 Å². The minimum atomic E-state index is -0.315. The molecule has 1 N–H and O–H groups in total. The molecule has 1 aromatic rings. The quantitative estimate of drug-likeness (QED) is 0.830. The van der Waals surface area contributed by atoms with Crippen LogP contribution in [0.5, 0.6) is 0 Å². The second kappa shape index (κ2) is 5.15. The standard InChI is InChI=1S/C14H20NO/c1-11-7-5-6-8-12(11)9-10-15-13(16)14(2,3)4/h5-8H,1,9-10H2,2-4H3,(H,15,16). The summed E-state index contributed by atoms with van der Waals surface area (Å²) in [6, 6.07) is 8.00. The predicted octanol–water partition coefficient (Wildman–Crippen LogP) is 2.57. The van der Waals surface area contributed by atoms with Crippen LogP contribution in [0.2, 0.25) is 0 Å². The summed E-state index contributed by atoms with van der Waals surface area (Å²) in [7, 11) is 0. The summed E-state index contributed by atoms with van der Waals surface area (Å²) >= 11 is 0. The van der Waals surface area contributed by atoms with Gasteiger partial charge in [0.05, 0.1) is 0 Å². The van der Waals surface area contributed by atoms with Gasteiger partial charge in [-0.05, 0) is 24.5 Å². The highest BCUT2D eigenvalue weighted by Crippen LogP contribution is 2.12. The van der Waals surface area contributed by atoms with Crippen LogP contribution in [0.4, 0.5) is 0 Å². The van der Waals surface area contributed by atoms with E-state index in [4.69, 9.17) is 0 Å². The van der Waals surface area contributed by atoms with Gasteiger partial charge in [-0.1, -0.05) is 45.0 Å². The van der Waals surface area contributed by atoms with Gasteiger partial charge >= 0.3 is 0 Å². The summed E-state index contributed by atoms with van der Waals surface area (Å²) in [6.07, 6.45) is 0.835. The normalized spacial score (nSPS) is 11.2. The fourth-order valence-corrected chi connectivity index (χ4v) is 1.38. The number of carbonyl (C=O) groups is 1. The smallest absolute Gasteiger partial charge is 0.225 e. The van der Waals surface area contributed by atoms with Gasteiger partial charge < -0.3 is 5.32 Å². The molecule has 1 radical (unpaired) electrons. The molecule has 0 aliphatic rings. The van der Waals surface area contributed by atoms with Crippen molar-refractivity contribution in [1.29, 1.82) is 0 Å². The molecule has 0 heterocycles. The molecule has 0 aromatic heterocycles. The topological polar surface area (TPSA) is 29.1 Å². The zero-order valence-corrected chi connectivity index (χ0v) is 10.3. The molecular formula is C14H20NO. The summed E-state index contributed by atoms with van der Waals surface area (Å²) in [5.41, 5.74) is 1.91. The number of carbonyl (C=O) groups excluding carboxylic acids is 1. The van der Waals surface area contributed by atoms with E-state index in [1.807, 2.05) is 45.0 Å². The summed E-state index contributed by atoms with van der Waals surface area (Å²) in [6.45, 7) is 10.4. The molecular weight excluding hydrogens is 198 g/mol. The lowest BCUT2D eigenvalue weighted by Crippen LogP contribution is -2.35. The Morgan fingerprint density at radius 1 is 1.31 bits per heavy atom. The third-order valence-electron chi connectivity index (χ3n) is 2.48. The van der Waals surface area contributed by atoms with E-state index >= 15 is 0 Å². The first kappa shape index (κ1) is 12.8. The van der Waals surface area contributed by atoms with Crippen molar-refractivity contribution in [2.45, 2.75) is 27.2 Å². The van der Waals surface area contributed by atoms with Gasteiger partial charge in [-0.25, -0.2) is 0 Å². The molecule has 0 bridgehead atoms. The van der Waals surface area contributed by atoms with E-state index in [9.17, 15) is 4.79 Å². The highest BCUT2D eigenvalue weighted by atomic mass is 16.2. The number of nitrogens with one attached hydrogen (secondary N) is 1. The highest BCUT2D eigenvalue weighted by molar-refractivity contribution is 5.81. The van der Waals surface area contributed by atoms with Crippen molar-refractivity contribution >= 4 is 5.91 Å². The second-order valence-electron chi connectivity index (χ2n) is 5.02. The van der Waals surface area contributed by atoms with Crippen LogP contribution in [0.25, 0.3) is 0 Å². The molecule has 0 aliphatic heterocycles. The first-order chi connectivity index (χ1) is 7.41. The molecule has 0 spiro atoms. The zero-order chi connectivity index (χ0) is 12.2. The minimum absolute atomic E-state index is 0.0917. The molecule has 0 unspecified atom stereocenters. The zero-order valence-electron chi connectivity index (χ0n) is 10.3. The fourth-order valence-electron chi connectivity index (χ4n) is 1.38. The molecule has 87 valence electrons. The molecule has 0 saturated carbocycles. The van der Waals surface area contributed by atoms with Crippen LogP contribution in [-0.2, 0) is 11.2 Å². The van der Waals surface area contributed by atoms with Crippen LogP contribution in [-0.4, -0.2) is 12.5 Å². The maximum Gasteiger partial charge on any atom is 0.225 e. The van der Waals surface area contributed by atoms with Crippen molar-refractivity contribution in [2.75, 3.05) is 6.54 Å². The summed E-state index contributed by atoms with van der Waals surface area (Å²) in [5, 5.41) is 2.93. The number of amides is 1. The molecule has 1 rings (SSSR count). The van der Waals surface area contributed by atoms with Crippen molar-refractivity contribution in [3.8, 4) is 0 Å². The number of benzene rings is 1. The van der Waals surface area contributed by atoms with E-state index in [0.29, 0.717) is 6.54 Å². The Labute approximate surface area is 98.1 Å².